The maximum Gasteiger partial charge on any atom is 0.270 e. The van der Waals surface area contributed by atoms with Gasteiger partial charge >= 0.3 is 0 Å². The quantitative estimate of drug-likeness (QED) is 0.880. The van der Waals surface area contributed by atoms with Crippen molar-refractivity contribution in [2.24, 2.45) is 0 Å². The monoisotopic (exact) mass is 259 g/mol. The average Bonchev–Trinajstić information content (AvgIpc) is 2.71. The molecule has 0 fully saturated rings. The summed E-state index contributed by atoms with van der Waals surface area (Å²) in [5.74, 6) is 0.165. The first kappa shape index (κ1) is 11.1. The molecule has 2 aromatic heterocycles. The number of thiophene rings is 1. The van der Waals surface area contributed by atoms with Crippen LogP contribution in [0.1, 0.15) is 5.82 Å². The smallest absolute Gasteiger partial charge is 0.270 e. The number of aromatic nitrogens is 2. The predicted molar refractivity (Wildman–Crippen MR) is 60.6 cm³/mol. The van der Waals surface area contributed by atoms with Crippen LogP contribution in [0.3, 0.4) is 0 Å². The molecular weight excluding hydrogens is 250 g/mol. The van der Waals surface area contributed by atoms with Gasteiger partial charge < -0.3 is 10.3 Å². The normalized spacial score (nSPS) is 11.8. The molecule has 2 heterocycles. The van der Waals surface area contributed by atoms with Crippen LogP contribution in [0.5, 0.6) is 0 Å². The molecule has 0 amide bonds. The van der Waals surface area contributed by atoms with Crippen LogP contribution < -0.4 is 5.73 Å². The van der Waals surface area contributed by atoms with Gasteiger partial charge in [-0.1, -0.05) is 5.16 Å². The lowest BCUT2D eigenvalue weighted by molar-refractivity contribution is 0.425. The lowest BCUT2D eigenvalue weighted by Gasteiger charge is -1.90. The molecule has 2 rings (SSSR count). The van der Waals surface area contributed by atoms with Crippen molar-refractivity contribution in [2.75, 3.05) is 12.0 Å². The molecular formula is C8H9N3O3S2. The van der Waals surface area contributed by atoms with Crippen LogP contribution in [-0.2, 0) is 15.6 Å². The SMILES string of the molecule is CS(=O)(=O)Cc1noc(-c2sccc2N)n1. The van der Waals surface area contributed by atoms with Crippen molar-refractivity contribution in [1.82, 2.24) is 10.1 Å². The van der Waals surface area contributed by atoms with Crippen molar-refractivity contribution < 1.29 is 12.9 Å². The zero-order valence-electron chi connectivity index (χ0n) is 8.37. The summed E-state index contributed by atoms with van der Waals surface area (Å²) < 4.78 is 27.0. The second-order valence-corrected chi connectivity index (χ2v) is 6.35. The molecule has 0 aliphatic rings. The Labute approximate surface area is 96.0 Å². The van der Waals surface area contributed by atoms with Gasteiger partial charge in [0.05, 0.1) is 5.69 Å². The summed E-state index contributed by atoms with van der Waals surface area (Å²) in [5.41, 5.74) is 6.21. The Bertz CT molecular complexity index is 600. The third kappa shape index (κ3) is 2.39. The van der Waals surface area contributed by atoms with Crippen molar-refractivity contribution in [3.8, 4) is 10.8 Å². The van der Waals surface area contributed by atoms with E-state index in [2.05, 4.69) is 10.1 Å². The third-order valence-electron chi connectivity index (χ3n) is 1.75. The first-order chi connectivity index (χ1) is 7.46. The maximum absolute atomic E-state index is 11.0. The van der Waals surface area contributed by atoms with E-state index in [1.54, 1.807) is 11.4 Å². The number of sulfone groups is 1. The number of hydrogen-bond donors (Lipinski definition) is 1. The molecule has 0 saturated carbocycles. The van der Waals surface area contributed by atoms with E-state index in [9.17, 15) is 8.42 Å². The van der Waals surface area contributed by atoms with Gasteiger partial charge in [-0.05, 0) is 11.4 Å². The van der Waals surface area contributed by atoms with Gasteiger partial charge in [0.1, 0.15) is 10.6 Å². The molecule has 16 heavy (non-hydrogen) atoms. The summed E-state index contributed by atoms with van der Waals surface area (Å²) >= 11 is 1.36. The Balaban J connectivity index is 2.30. The van der Waals surface area contributed by atoms with Gasteiger partial charge in [-0.15, -0.1) is 11.3 Å². The van der Waals surface area contributed by atoms with Crippen molar-refractivity contribution >= 4 is 26.9 Å². The van der Waals surface area contributed by atoms with Crippen LogP contribution >= 0.6 is 11.3 Å². The molecule has 8 heteroatoms. The molecule has 0 aromatic carbocycles. The number of anilines is 1. The second-order valence-electron chi connectivity index (χ2n) is 3.29. The highest BCUT2D eigenvalue weighted by Gasteiger charge is 2.15. The Morgan fingerprint density at radius 1 is 1.56 bits per heavy atom. The summed E-state index contributed by atoms with van der Waals surface area (Å²) in [7, 11) is -3.16. The molecule has 0 atom stereocenters. The van der Waals surface area contributed by atoms with Gasteiger partial charge in [0.15, 0.2) is 15.7 Å². The minimum Gasteiger partial charge on any atom is -0.397 e. The first-order valence-electron chi connectivity index (χ1n) is 4.29. The minimum atomic E-state index is -3.16. The minimum absolute atomic E-state index is 0.144. The molecule has 0 spiro atoms. The molecule has 6 nitrogen and oxygen atoms in total. The molecule has 0 bridgehead atoms. The molecule has 0 unspecified atom stereocenters. The zero-order chi connectivity index (χ0) is 11.8. The van der Waals surface area contributed by atoms with Crippen LogP contribution in [0.2, 0.25) is 0 Å². The van der Waals surface area contributed by atoms with E-state index < -0.39 is 9.84 Å². The summed E-state index contributed by atoms with van der Waals surface area (Å²) in [6, 6.07) is 1.72. The van der Waals surface area contributed by atoms with Crippen LogP contribution in [0.25, 0.3) is 10.8 Å². The fourth-order valence-corrected chi connectivity index (χ4v) is 2.46. The van der Waals surface area contributed by atoms with Crippen molar-refractivity contribution in [3.05, 3.63) is 17.3 Å². The fraction of sp³-hybridized carbons (Fsp3) is 0.250. The Hall–Kier alpha value is -1.41. The van der Waals surface area contributed by atoms with Crippen LogP contribution in [0.4, 0.5) is 5.69 Å². The van der Waals surface area contributed by atoms with Gasteiger partial charge in [-0.25, -0.2) is 8.42 Å². The highest BCUT2D eigenvalue weighted by atomic mass is 32.2. The number of hydrogen-bond acceptors (Lipinski definition) is 7. The van der Waals surface area contributed by atoms with Gasteiger partial charge in [0.2, 0.25) is 0 Å². The molecule has 0 aliphatic carbocycles. The average molecular weight is 259 g/mol. The molecule has 0 saturated heterocycles. The van der Waals surface area contributed by atoms with E-state index >= 15 is 0 Å². The van der Waals surface area contributed by atoms with Crippen molar-refractivity contribution in [1.29, 1.82) is 0 Å². The number of nitrogen functional groups attached to an aromatic ring is 1. The third-order valence-corrected chi connectivity index (χ3v) is 3.45. The van der Waals surface area contributed by atoms with Gasteiger partial charge in [0.25, 0.3) is 5.89 Å². The van der Waals surface area contributed by atoms with Crippen LogP contribution in [-0.4, -0.2) is 24.8 Å². The van der Waals surface area contributed by atoms with Gasteiger partial charge in [0, 0.05) is 6.26 Å². The zero-order valence-corrected chi connectivity index (χ0v) is 10.0. The lowest BCUT2D eigenvalue weighted by Crippen LogP contribution is -2.02. The Morgan fingerprint density at radius 3 is 2.88 bits per heavy atom. The topological polar surface area (TPSA) is 99.1 Å². The summed E-state index contributed by atoms with van der Waals surface area (Å²) in [5, 5.41) is 5.38. The van der Waals surface area contributed by atoms with Gasteiger partial charge in [-0.2, -0.15) is 4.98 Å². The molecule has 2 N–H and O–H groups in total. The highest BCUT2D eigenvalue weighted by Crippen LogP contribution is 2.29. The Morgan fingerprint density at radius 2 is 2.31 bits per heavy atom. The largest absolute Gasteiger partial charge is 0.397 e. The second kappa shape index (κ2) is 3.87. The lowest BCUT2D eigenvalue weighted by atomic mass is 10.4. The van der Waals surface area contributed by atoms with E-state index in [-0.39, 0.29) is 17.5 Å². The standard InChI is InChI=1S/C8H9N3O3S2/c1-16(12,13)4-6-10-8(14-11-6)7-5(9)2-3-15-7/h2-3H,4,9H2,1H3. The van der Waals surface area contributed by atoms with E-state index in [0.717, 1.165) is 6.26 Å². The molecule has 0 aliphatic heterocycles. The number of nitrogens with two attached hydrogens (primary N) is 1. The van der Waals surface area contributed by atoms with Crippen molar-refractivity contribution in [3.63, 3.8) is 0 Å². The fourth-order valence-electron chi connectivity index (χ4n) is 1.13. The summed E-state index contributed by atoms with van der Waals surface area (Å²) in [6.07, 6.45) is 1.11. The molecule has 0 radical (unpaired) electrons. The maximum atomic E-state index is 11.0. The Kier molecular flexibility index (Phi) is 2.68. The van der Waals surface area contributed by atoms with Crippen LogP contribution in [0.15, 0.2) is 16.0 Å². The van der Waals surface area contributed by atoms with E-state index in [0.29, 0.717) is 10.6 Å². The number of nitrogens with zero attached hydrogens (tertiary/aromatic N) is 2. The van der Waals surface area contributed by atoms with Crippen LogP contribution in [0, 0.1) is 0 Å². The summed E-state index contributed by atoms with van der Waals surface area (Å²) in [6.45, 7) is 0. The predicted octanol–water partition coefficient (Wildman–Crippen LogP) is 0.925. The van der Waals surface area contributed by atoms with E-state index in [4.69, 9.17) is 10.3 Å². The molecule has 2 aromatic rings. The first-order valence-corrected chi connectivity index (χ1v) is 7.23. The van der Waals surface area contributed by atoms with E-state index in [1.807, 2.05) is 0 Å². The van der Waals surface area contributed by atoms with Crippen molar-refractivity contribution in [2.45, 2.75) is 5.75 Å². The van der Waals surface area contributed by atoms with Gasteiger partial charge in [-0.3, -0.25) is 0 Å². The molecule has 86 valence electrons. The summed E-state index contributed by atoms with van der Waals surface area (Å²) in [4.78, 5) is 4.63. The van der Waals surface area contributed by atoms with E-state index in [1.165, 1.54) is 11.3 Å². The number of rotatable bonds is 3. The highest BCUT2D eigenvalue weighted by molar-refractivity contribution is 7.89.